The number of rotatable bonds is 10. The lowest BCUT2D eigenvalue weighted by molar-refractivity contribution is -0.138. The van der Waals surface area contributed by atoms with E-state index in [9.17, 15) is 13.2 Å². The molecule has 0 atom stereocenters. The van der Waals surface area contributed by atoms with Crippen LogP contribution in [0.1, 0.15) is 34.1 Å². The molecule has 1 amide bonds. The first-order valence-electron chi connectivity index (χ1n) is 7.11. The smallest absolute Gasteiger partial charge is 0.248 e. The van der Waals surface area contributed by atoms with Crippen LogP contribution in [0.4, 0.5) is 0 Å². The zero-order valence-electron chi connectivity index (χ0n) is 14.0. The van der Waals surface area contributed by atoms with Crippen molar-refractivity contribution in [1.29, 1.82) is 0 Å². The topological polar surface area (TPSA) is 72.9 Å². The minimum atomic E-state index is -3.24. The number of hydrogen-bond acceptors (Lipinski definition) is 5. The van der Waals surface area contributed by atoms with E-state index in [1.165, 1.54) is 4.90 Å². The molecule has 0 aromatic rings. The Morgan fingerprint density at radius 3 is 2.29 bits per heavy atom. The fourth-order valence-corrected chi connectivity index (χ4v) is 3.47. The molecule has 0 aliphatic heterocycles. The largest absolute Gasteiger partial charge is 0.379 e. The number of likely N-dealkylation sites (N-methyl/N-ethyl adjacent to an activating group) is 1. The van der Waals surface area contributed by atoms with Crippen molar-refractivity contribution in [2.75, 3.05) is 38.8 Å². The Hall–Kier alpha value is -0.660. The van der Waals surface area contributed by atoms with Crippen LogP contribution in [0, 0.1) is 0 Å². The lowest BCUT2D eigenvalue weighted by atomic mass is 10.2. The molecule has 0 unspecified atom stereocenters. The molecule has 0 spiro atoms. The maximum Gasteiger partial charge on any atom is 0.248 e. The molecule has 0 radical (unpaired) electrons. The van der Waals surface area contributed by atoms with E-state index in [1.54, 1.807) is 27.9 Å². The molecule has 0 aliphatic rings. The van der Waals surface area contributed by atoms with Gasteiger partial charge in [0.15, 0.2) is 9.84 Å². The van der Waals surface area contributed by atoms with Crippen molar-refractivity contribution >= 4 is 15.7 Å². The van der Waals surface area contributed by atoms with E-state index in [0.29, 0.717) is 13.0 Å². The Kier molecular flexibility index (Phi) is 8.43. The van der Waals surface area contributed by atoms with E-state index in [2.05, 4.69) is 0 Å². The number of carbonyl (C=O) groups is 1. The van der Waals surface area contributed by atoms with Gasteiger partial charge in [0.05, 0.1) is 23.2 Å². The van der Waals surface area contributed by atoms with Crippen LogP contribution in [0.2, 0.25) is 0 Å². The first-order valence-corrected chi connectivity index (χ1v) is 8.93. The van der Waals surface area contributed by atoms with Gasteiger partial charge in [0.2, 0.25) is 5.91 Å². The molecule has 0 rings (SSSR count). The van der Waals surface area contributed by atoms with Crippen LogP contribution in [0.5, 0.6) is 0 Å². The van der Waals surface area contributed by atoms with E-state index in [0.717, 1.165) is 0 Å². The molecule has 126 valence electrons. The molecular weight excluding hydrogens is 294 g/mol. The number of ether oxygens (including phenoxy) is 2. The average Bonchev–Trinajstić information content (AvgIpc) is 2.30. The Labute approximate surface area is 128 Å². The van der Waals surface area contributed by atoms with Crippen LogP contribution in [0.25, 0.3) is 0 Å². The van der Waals surface area contributed by atoms with E-state index in [4.69, 9.17) is 9.47 Å². The van der Waals surface area contributed by atoms with Crippen molar-refractivity contribution in [3.8, 4) is 0 Å². The van der Waals surface area contributed by atoms with Gasteiger partial charge in [-0.25, -0.2) is 8.42 Å². The van der Waals surface area contributed by atoms with Gasteiger partial charge < -0.3 is 14.4 Å². The van der Waals surface area contributed by atoms with Crippen molar-refractivity contribution in [3.05, 3.63) is 0 Å². The Balaban J connectivity index is 4.25. The second-order valence-electron chi connectivity index (χ2n) is 6.20. The molecule has 0 heterocycles. The summed E-state index contributed by atoms with van der Waals surface area (Å²) in [6, 6.07) is 0. The molecule has 0 saturated carbocycles. The van der Waals surface area contributed by atoms with Crippen LogP contribution in [0.3, 0.4) is 0 Å². The lowest BCUT2D eigenvalue weighted by Crippen LogP contribution is -2.38. The fraction of sp³-hybridized carbons (Fsp3) is 0.929. The van der Waals surface area contributed by atoms with Crippen LogP contribution < -0.4 is 0 Å². The minimum absolute atomic E-state index is 0.0636. The highest BCUT2D eigenvalue weighted by atomic mass is 32.2. The first kappa shape index (κ1) is 20.3. The van der Waals surface area contributed by atoms with Crippen molar-refractivity contribution in [2.45, 2.75) is 45.8 Å². The lowest BCUT2D eigenvalue weighted by Gasteiger charge is -2.25. The van der Waals surface area contributed by atoms with E-state index in [1.807, 2.05) is 13.8 Å². The fourth-order valence-electron chi connectivity index (χ4n) is 1.63. The maximum atomic E-state index is 12.0. The molecule has 0 aliphatic carbocycles. The van der Waals surface area contributed by atoms with E-state index >= 15 is 0 Å². The monoisotopic (exact) mass is 323 g/mol. The molecule has 0 N–H and O–H groups in total. The Morgan fingerprint density at radius 2 is 1.81 bits per heavy atom. The van der Waals surface area contributed by atoms with Crippen molar-refractivity contribution < 1.29 is 22.7 Å². The number of nitrogens with zero attached hydrogens (tertiary/aromatic N) is 1. The van der Waals surface area contributed by atoms with Gasteiger partial charge in [-0.15, -0.1) is 0 Å². The molecule has 0 bridgehead atoms. The van der Waals surface area contributed by atoms with Crippen molar-refractivity contribution in [3.63, 3.8) is 0 Å². The second-order valence-corrected chi connectivity index (χ2v) is 8.39. The van der Waals surface area contributed by atoms with Crippen LogP contribution >= 0.6 is 0 Å². The Morgan fingerprint density at radius 1 is 1.24 bits per heavy atom. The van der Waals surface area contributed by atoms with Crippen LogP contribution in [-0.4, -0.2) is 69.7 Å². The second kappa shape index (κ2) is 8.70. The first-order chi connectivity index (χ1) is 9.45. The standard InChI is InChI=1S/C14H29NO5S/c1-12(2)19-8-7-9-21(17,18)11-14(3,4)20-10-13(16)15(5)6/h12H,7-11H2,1-6H3. The number of amides is 1. The van der Waals surface area contributed by atoms with E-state index in [-0.39, 0.29) is 30.1 Å². The number of carbonyl (C=O) groups excluding carboxylic acids is 1. The predicted octanol–water partition coefficient (Wildman–Crippen LogP) is 1.10. The molecule has 0 aromatic carbocycles. The summed E-state index contributed by atoms with van der Waals surface area (Å²) in [5, 5.41) is 0. The molecular formula is C14H29NO5S. The molecule has 21 heavy (non-hydrogen) atoms. The minimum Gasteiger partial charge on any atom is -0.379 e. The van der Waals surface area contributed by atoms with Crippen LogP contribution in [-0.2, 0) is 24.1 Å². The summed E-state index contributed by atoms with van der Waals surface area (Å²) >= 11 is 0. The normalized spacial score (nSPS) is 12.7. The van der Waals surface area contributed by atoms with Crippen LogP contribution in [0.15, 0.2) is 0 Å². The van der Waals surface area contributed by atoms with Gasteiger partial charge in [0.1, 0.15) is 6.61 Å². The predicted molar refractivity (Wildman–Crippen MR) is 83.1 cm³/mol. The SMILES string of the molecule is CC(C)OCCCS(=O)(=O)CC(C)(C)OCC(=O)N(C)C. The van der Waals surface area contributed by atoms with Crippen molar-refractivity contribution in [1.82, 2.24) is 4.90 Å². The van der Waals surface area contributed by atoms with Gasteiger partial charge in [0, 0.05) is 20.7 Å². The summed E-state index contributed by atoms with van der Waals surface area (Å²) in [4.78, 5) is 12.9. The highest BCUT2D eigenvalue weighted by Crippen LogP contribution is 2.14. The third-order valence-electron chi connectivity index (χ3n) is 2.70. The summed E-state index contributed by atoms with van der Waals surface area (Å²) in [6.45, 7) is 7.49. The number of sulfone groups is 1. The summed E-state index contributed by atoms with van der Waals surface area (Å²) < 4.78 is 34.8. The third-order valence-corrected chi connectivity index (χ3v) is 4.75. The quantitative estimate of drug-likeness (QED) is 0.563. The van der Waals surface area contributed by atoms with Gasteiger partial charge in [-0.05, 0) is 34.1 Å². The number of hydrogen-bond donors (Lipinski definition) is 0. The molecule has 7 heteroatoms. The highest BCUT2D eigenvalue weighted by molar-refractivity contribution is 7.91. The van der Waals surface area contributed by atoms with Gasteiger partial charge in [0.25, 0.3) is 0 Å². The molecule has 0 aromatic heterocycles. The van der Waals surface area contributed by atoms with E-state index < -0.39 is 15.4 Å². The summed E-state index contributed by atoms with van der Waals surface area (Å²) in [7, 11) is 0.0230. The maximum absolute atomic E-state index is 12.0. The highest BCUT2D eigenvalue weighted by Gasteiger charge is 2.27. The molecule has 6 nitrogen and oxygen atoms in total. The molecule has 0 fully saturated rings. The summed E-state index contributed by atoms with van der Waals surface area (Å²) in [5.41, 5.74) is -0.886. The van der Waals surface area contributed by atoms with Gasteiger partial charge in [-0.2, -0.15) is 0 Å². The van der Waals surface area contributed by atoms with Crippen molar-refractivity contribution in [2.24, 2.45) is 0 Å². The summed E-state index contributed by atoms with van der Waals surface area (Å²) in [6.07, 6.45) is 0.567. The van der Waals surface area contributed by atoms with Gasteiger partial charge in [-0.1, -0.05) is 0 Å². The Bertz CT molecular complexity index is 415. The zero-order chi connectivity index (χ0) is 16.7. The zero-order valence-corrected chi connectivity index (χ0v) is 14.8. The third kappa shape index (κ3) is 10.7. The average molecular weight is 323 g/mol. The van der Waals surface area contributed by atoms with Gasteiger partial charge in [-0.3, -0.25) is 4.79 Å². The summed E-state index contributed by atoms with van der Waals surface area (Å²) in [5.74, 6) is -0.234. The van der Waals surface area contributed by atoms with Gasteiger partial charge >= 0.3 is 0 Å². The molecule has 0 saturated heterocycles.